The average molecular weight is 274 g/mol. The Morgan fingerprint density at radius 3 is 2.79 bits per heavy atom. The number of amidine groups is 1. The highest BCUT2D eigenvalue weighted by Crippen LogP contribution is 2.30. The second-order valence-electron chi connectivity index (χ2n) is 4.29. The van der Waals surface area contributed by atoms with E-state index in [1.54, 1.807) is 0 Å². The zero-order valence-electron chi connectivity index (χ0n) is 10.3. The van der Waals surface area contributed by atoms with Gasteiger partial charge in [0.25, 0.3) is 0 Å². The number of hydrazone groups is 1. The van der Waals surface area contributed by atoms with Crippen LogP contribution in [0.5, 0.6) is 0 Å². The summed E-state index contributed by atoms with van der Waals surface area (Å²) in [6.45, 7) is 1.90. The molecular formula is C14H12ClN3O. The zero-order chi connectivity index (χ0) is 13.4. The molecule has 19 heavy (non-hydrogen) atoms. The van der Waals surface area contributed by atoms with Crippen LogP contribution in [0.3, 0.4) is 0 Å². The molecule has 1 aliphatic rings. The molecule has 1 aliphatic heterocycles. The maximum absolute atomic E-state index is 10.3. The van der Waals surface area contributed by atoms with Gasteiger partial charge in [-0.3, -0.25) is 10.6 Å². The van der Waals surface area contributed by atoms with Gasteiger partial charge in [0, 0.05) is 10.6 Å². The molecular weight excluding hydrogens is 262 g/mol. The van der Waals surface area contributed by atoms with E-state index in [0.29, 0.717) is 16.5 Å². The van der Waals surface area contributed by atoms with Gasteiger partial charge in [0.15, 0.2) is 5.84 Å². The first-order valence-corrected chi connectivity index (χ1v) is 6.23. The predicted octanol–water partition coefficient (Wildman–Crippen LogP) is 3.63. The van der Waals surface area contributed by atoms with Gasteiger partial charge in [-0.25, -0.2) is 5.06 Å². The molecule has 0 saturated heterocycles. The van der Waals surface area contributed by atoms with Crippen molar-refractivity contribution in [3.63, 3.8) is 0 Å². The molecule has 0 saturated carbocycles. The summed E-state index contributed by atoms with van der Waals surface area (Å²) < 4.78 is 0. The molecule has 2 aromatic rings. The number of hydrogen-bond acceptors (Lipinski definition) is 4. The van der Waals surface area contributed by atoms with E-state index in [0.717, 1.165) is 21.9 Å². The van der Waals surface area contributed by atoms with E-state index in [4.69, 9.17) is 11.6 Å². The molecule has 96 valence electrons. The van der Waals surface area contributed by atoms with Crippen LogP contribution in [-0.2, 0) is 0 Å². The first-order valence-electron chi connectivity index (χ1n) is 5.85. The molecule has 0 amide bonds. The fourth-order valence-electron chi connectivity index (χ4n) is 2.05. The molecule has 0 bridgehead atoms. The summed E-state index contributed by atoms with van der Waals surface area (Å²) >= 11 is 6.11. The third-order valence-corrected chi connectivity index (χ3v) is 3.53. The molecule has 0 aliphatic carbocycles. The van der Waals surface area contributed by atoms with Crippen LogP contribution >= 0.6 is 11.6 Å². The molecule has 0 aromatic heterocycles. The third-order valence-electron chi connectivity index (χ3n) is 3.12. The Morgan fingerprint density at radius 1 is 1.16 bits per heavy atom. The van der Waals surface area contributed by atoms with Gasteiger partial charge in [-0.15, -0.1) is 0 Å². The van der Waals surface area contributed by atoms with Crippen molar-refractivity contribution in [1.82, 2.24) is 0 Å². The van der Waals surface area contributed by atoms with Crippen LogP contribution in [-0.4, -0.2) is 11.0 Å². The SMILES string of the molecule is Cc1c(Cl)cccc1C1=NNc2ccccc2N1O. The minimum absolute atomic E-state index is 0.429. The number of fused-ring (bicyclic) bond motifs is 1. The van der Waals surface area contributed by atoms with Crippen molar-refractivity contribution >= 4 is 28.8 Å². The number of nitrogens with zero attached hydrogens (tertiary/aromatic N) is 2. The van der Waals surface area contributed by atoms with Crippen LogP contribution in [0.15, 0.2) is 47.6 Å². The summed E-state index contributed by atoms with van der Waals surface area (Å²) in [4.78, 5) is 0. The number of para-hydroxylation sites is 2. The molecule has 0 spiro atoms. The Hall–Kier alpha value is -2.04. The number of halogens is 1. The van der Waals surface area contributed by atoms with Crippen LogP contribution in [0.25, 0.3) is 0 Å². The van der Waals surface area contributed by atoms with Gasteiger partial charge in [-0.05, 0) is 30.7 Å². The summed E-state index contributed by atoms with van der Waals surface area (Å²) in [5.74, 6) is 0.429. The Kier molecular flexibility index (Phi) is 2.89. The second kappa shape index (κ2) is 4.57. The second-order valence-corrected chi connectivity index (χ2v) is 4.70. The fraction of sp³-hybridized carbons (Fsp3) is 0.0714. The Morgan fingerprint density at radius 2 is 1.95 bits per heavy atom. The molecule has 0 unspecified atom stereocenters. The smallest absolute Gasteiger partial charge is 0.185 e. The topological polar surface area (TPSA) is 47.9 Å². The predicted molar refractivity (Wildman–Crippen MR) is 77.1 cm³/mol. The maximum atomic E-state index is 10.3. The Balaban J connectivity index is 2.09. The molecule has 0 atom stereocenters. The number of hydrogen-bond donors (Lipinski definition) is 2. The van der Waals surface area contributed by atoms with E-state index >= 15 is 0 Å². The molecule has 0 radical (unpaired) electrons. The molecule has 5 heteroatoms. The van der Waals surface area contributed by atoms with Crippen molar-refractivity contribution < 1.29 is 5.21 Å². The van der Waals surface area contributed by atoms with Gasteiger partial charge in [-0.2, -0.15) is 5.10 Å². The number of rotatable bonds is 1. The van der Waals surface area contributed by atoms with Crippen molar-refractivity contribution in [2.24, 2.45) is 5.10 Å². The Labute approximate surface area is 115 Å². The minimum atomic E-state index is 0.429. The monoisotopic (exact) mass is 273 g/mol. The van der Waals surface area contributed by atoms with Crippen LogP contribution in [0.1, 0.15) is 11.1 Å². The largest absolute Gasteiger partial charge is 0.282 e. The zero-order valence-corrected chi connectivity index (χ0v) is 11.0. The Bertz CT molecular complexity index is 669. The summed E-state index contributed by atoms with van der Waals surface area (Å²) in [6.07, 6.45) is 0. The first kappa shape index (κ1) is 12.0. The number of anilines is 2. The highest BCUT2D eigenvalue weighted by Gasteiger charge is 2.22. The first-order chi connectivity index (χ1) is 9.18. The van der Waals surface area contributed by atoms with Crippen LogP contribution in [0, 0.1) is 6.92 Å². The fourth-order valence-corrected chi connectivity index (χ4v) is 2.23. The van der Waals surface area contributed by atoms with Crippen molar-refractivity contribution in [3.8, 4) is 0 Å². The number of hydroxylamine groups is 1. The van der Waals surface area contributed by atoms with E-state index in [-0.39, 0.29) is 0 Å². The van der Waals surface area contributed by atoms with E-state index in [9.17, 15) is 5.21 Å². The molecule has 2 N–H and O–H groups in total. The van der Waals surface area contributed by atoms with Gasteiger partial charge < -0.3 is 0 Å². The van der Waals surface area contributed by atoms with Crippen molar-refractivity contribution in [3.05, 3.63) is 58.6 Å². The number of benzene rings is 2. The molecule has 1 heterocycles. The quantitative estimate of drug-likeness (QED) is 0.834. The summed E-state index contributed by atoms with van der Waals surface area (Å²) in [5, 5.41) is 16.2. The lowest BCUT2D eigenvalue weighted by Crippen LogP contribution is -2.33. The maximum Gasteiger partial charge on any atom is 0.185 e. The van der Waals surface area contributed by atoms with Crippen molar-refractivity contribution in [2.75, 3.05) is 10.5 Å². The standard InChI is InChI=1S/C14H12ClN3O/c1-9-10(5-4-6-11(9)15)14-17-16-12-7-2-3-8-13(12)18(14)19/h2-8,16,19H,1H3. The minimum Gasteiger partial charge on any atom is -0.282 e. The van der Waals surface area contributed by atoms with E-state index in [1.165, 1.54) is 0 Å². The third kappa shape index (κ3) is 1.95. The van der Waals surface area contributed by atoms with Gasteiger partial charge >= 0.3 is 0 Å². The summed E-state index contributed by atoms with van der Waals surface area (Å²) in [6, 6.07) is 12.9. The lowest BCUT2D eigenvalue weighted by Gasteiger charge is -2.26. The molecule has 3 rings (SSSR count). The summed E-state index contributed by atoms with van der Waals surface area (Å²) in [5.41, 5.74) is 6.02. The van der Waals surface area contributed by atoms with Crippen molar-refractivity contribution in [1.29, 1.82) is 0 Å². The van der Waals surface area contributed by atoms with Gasteiger partial charge in [-0.1, -0.05) is 35.9 Å². The lowest BCUT2D eigenvalue weighted by atomic mass is 10.1. The number of nitrogens with one attached hydrogen (secondary N) is 1. The van der Waals surface area contributed by atoms with Crippen molar-refractivity contribution in [2.45, 2.75) is 6.92 Å². The van der Waals surface area contributed by atoms with E-state index in [1.807, 2.05) is 49.4 Å². The molecule has 2 aromatic carbocycles. The lowest BCUT2D eigenvalue weighted by molar-refractivity contribution is 0.311. The van der Waals surface area contributed by atoms with Crippen LogP contribution in [0.2, 0.25) is 5.02 Å². The van der Waals surface area contributed by atoms with Crippen LogP contribution < -0.4 is 10.5 Å². The van der Waals surface area contributed by atoms with E-state index in [2.05, 4.69) is 10.5 Å². The molecule has 0 fully saturated rings. The molecule has 4 nitrogen and oxygen atoms in total. The van der Waals surface area contributed by atoms with Gasteiger partial charge in [0.05, 0.1) is 11.4 Å². The highest BCUT2D eigenvalue weighted by molar-refractivity contribution is 6.32. The van der Waals surface area contributed by atoms with Gasteiger partial charge in [0.1, 0.15) is 0 Å². The average Bonchev–Trinajstić information content (AvgIpc) is 2.43. The summed E-state index contributed by atoms with van der Waals surface area (Å²) in [7, 11) is 0. The van der Waals surface area contributed by atoms with Crippen LogP contribution in [0.4, 0.5) is 11.4 Å². The highest BCUT2D eigenvalue weighted by atomic mass is 35.5. The normalized spacial score (nSPS) is 13.6. The van der Waals surface area contributed by atoms with Gasteiger partial charge in [0.2, 0.25) is 0 Å². The van der Waals surface area contributed by atoms with E-state index < -0.39 is 0 Å².